The van der Waals surface area contributed by atoms with Crippen LogP contribution in [0.4, 0.5) is 11.5 Å². The van der Waals surface area contributed by atoms with Crippen LogP contribution in [-0.2, 0) is 15.3 Å². The molecule has 2 N–H and O–H groups in total. The molecule has 0 bridgehead atoms. The van der Waals surface area contributed by atoms with Crippen LogP contribution in [0.1, 0.15) is 59.7 Å². The molecule has 0 radical (unpaired) electrons. The van der Waals surface area contributed by atoms with Crippen molar-refractivity contribution in [1.29, 1.82) is 0 Å². The predicted octanol–water partition coefficient (Wildman–Crippen LogP) is 4.96. The van der Waals surface area contributed by atoms with Crippen molar-refractivity contribution >= 4 is 35.0 Å². The van der Waals surface area contributed by atoms with Crippen molar-refractivity contribution < 1.29 is 19.2 Å². The molecular formula is C28H26N4O6S. The van der Waals surface area contributed by atoms with E-state index in [1.165, 1.54) is 31.0 Å². The van der Waals surface area contributed by atoms with Crippen molar-refractivity contribution in [2.24, 2.45) is 5.41 Å². The maximum atomic E-state index is 13.5. The van der Waals surface area contributed by atoms with E-state index in [2.05, 4.69) is 10.3 Å². The van der Waals surface area contributed by atoms with Gasteiger partial charge in [0, 0.05) is 41.5 Å². The number of non-ortho nitro benzene ring substituents is 1. The number of allylic oxidation sites excluding steroid dienone is 2. The van der Waals surface area contributed by atoms with Crippen LogP contribution < -0.4 is 10.9 Å². The van der Waals surface area contributed by atoms with Gasteiger partial charge < -0.3 is 15.0 Å². The van der Waals surface area contributed by atoms with Gasteiger partial charge in [-0.15, -0.1) is 0 Å². The number of thioether (sulfide) groups is 1. The lowest BCUT2D eigenvalue weighted by Crippen LogP contribution is -2.37. The Kier molecular flexibility index (Phi) is 6.85. The normalized spacial score (nSPS) is 17.6. The SMILES string of the molecule is COC(=O)c1ccc(C2C3=C(CC(C)(C)CC3=O)Nc3nc(SCc4ccc([N+](=O)[O-])cc4)[nH]c(=O)c32)cc1. The number of carbonyl (C=O) groups is 2. The molecule has 11 heteroatoms. The molecule has 1 atom stereocenters. The van der Waals surface area contributed by atoms with Crippen LogP contribution in [0.3, 0.4) is 0 Å². The van der Waals surface area contributed by atoms with E-state index in [1.807, 2.05) is 13.8 Å². The van der Waals surface area contributed by atoms with Gasteiger partial charge in [-0.1, -0.05) is 49.9 Å². The van der Waals surface area contributed by atoms with Crippen LogP contribution in [0.15, 0.2) is 69.8 Å². The van der Waals surface area contributed by atoms with E-state index in [9.17, 15) is 24.5 Å². The van der Waals surface area contributed by atoms with E-state index in [1.54, 1.807) is 36.4 Å². The number of benzene rings is 2. The van der Waals surface area contributed by atoms with E-state index in [0.717, 1.165) is 11.3 Å². The molecule has 0 amide bonds. The summed E-state index contributed by atoms with van der Waals surface area (Å²) in [5.41, 5.74) is 2.92. The Labute approximate surface area is 228 Å². The summed E-state index contributed by atoms with van der Waals surface area (Å²) in [7, 11) is 1.31. The molecule has 39 heavy (non-hydrogen) atoms. The van der Waals surface area contributed by atoms with Gasteiger partial charge in [-0.05, 0) is 35.1 Å². The Bertz CT molecular complexity index is 1580. The smallest absolute Gasteiger partial charge is 0.337 e. The third-order valence-electron chi connectivity index (χ3n) is 6.89. The molecule has 0 saturated heterocycles. The Morgan fingerprint density at radius 2 is 1.82 bits per heavy atom. The summed E-state index contributed by atoms with van der Waals surface area (Å²) in [6.45, 7) is 4.06. The summed E-state index contributed by atoms with van der Waals surface area (Å²) in [5.74, 6) is -0.320. The van der Waals surface area contributed by atoms with E-state index in [0.29, 0.717) is 51.8 Å². The first-order valence-corrected chi connectivity index (χ1v) is 13.3. The summed E-state index contributed by atoms with van der Waals surface area (Å²) < 4.78 is 4.80. The van der Waals surface area contributed by atoms with Crippen molar-refractivity contribution in [2.45, 2.75) is 43.5 Å². The summed E-state index contributed by atoms with van der Waals surface area (Å²) >= 11 is 1.30. The Balaban J connectivity index is 1.53. The number of rotatable bonds is 6. The standard InChI is InChI=1S/C28H26N4O6S/c1-28(2)12-19-22(20(33)13-28)21(16-6-8-17(9-7-16)26(35)38-3)23-24(29-19)30-27(31-25(23)34)39-14-15-4-10-18(11-5-15)32(36)37/h4-11,21H,12-14H2,1-3H3,(H2,29,30,31,34). The molecular weight excluding hydrogens is 520 g/mol. The number of ether oxygens (including phenoxy) is 1. The first-order chi connectivity index (χ1) is 18.6. The minimum atomic E-state index is -0.642. The Morgan fingerprint density at radius 1 is 1.13 bits per heavy atom. The molecule has 0 spiro atoms. The number of hydrogen-bond acceptors (Lipinski definition) is 9. The highest BCUT2D eigenvalue weighted by atomic mass is 32.2. The van der Waals surface area contributed by atoms with Gasteiger partial charge >= 0.3 is 5.97 Å². The van der Waals surface area contributed by atoms with Gasteiger partial charge in [-0.25, -0.2) is 9.78 Å². The van der Waals surface area contributed by atoms with Crippen LogP contribution in [0.2, 0.25) is 0 Å². The highest BCUT2D eigenvalue weighted by Gasteiger charge is 2.42. The molecule has 1 aromatic heterocycles. The number of H-pyrrole nitrogens is 1. The van der Waals surface area contributed by atoms with Gasteiger partial charge in [0.1, 0.15) is 5.82 Å². The molecule has 3 aromatic rings. The fraction of sp³-hybridized carbons (Fsp3) is 0.286. The van der Waals surface area contributed by atoms with Crippen LogP contribution in [0, 0.1) is 15.5 Å². The quantitative estimate of drug-likeness (QED) is 0.144. The van der Waals surface area contributed by atoms with Gasteiger partial charge in [0.05, 0.1) is 23.2 Å². The lowest BCUT2D eigenvalue weighted by molar-refractivity contribution is -0.384. The van der Waals surface area contributed by atoms with Crippen LogP contribution >= 0.6 is 11.8 Å². The van der Waals surface area contributed by atoms with Crippen LogP contribution in [0.5, 0.6) is 0 Å². The number of nitrogens with zero attached hydrogens (tertiary/aromatic N) is 2. The van der Waals surface area contributed by atoms with E-state index in [4.69, 9.17) is 9.72 Å². The lowest BCUT2D eigenvalue weighted by Gasteiger charge is -2.38. The highest BCUT2D eigenvalue weighted by molar-refractivity contribution is 7.98. The number of aromatic nitrogens is 2. The zero-order chi connectivity index (χ0) is 27.9. The minimum Gasteiger partial charge on any atom is -0.465 e. The van der Waals surface area contributed by atoms with Crippen molar-refractivity contribution in [3.63, 3.8) is 0 Å². The molecule has 200 valence electrons. The van der Waals surface area contributed by atoms with E-state index < -0.39 is 16.8 Å². The predicted molar refractivity (Wildman–Crippen MR) is 146 cm³/mol. The third kappa shape index (κ3) is 5.22. The maximum Gasteiger partial charge on any atom is 0.337 e. The fourth-order valence-electron chi connectivity index (χ4n) is 5.09. The highest BCUT2D eigenvalue weighted by Crippen LogP contribution is 2.47. The second-order valence-electron chi connectivity index (χ2n) is 10.4. The van der Waals surface area contributed by atoms with Gasteiger partial charge in [0.15, 0.2) is 10.9 Å². The monoisotopic (exact) mass is 546 g/mol. The number of nitrogens with one attached hydrogen (secondary N) is 2. The largest absolute Gasteiger partial charge is 0.465 e. The summed E-state index contributed by atoms with van der Waals surface area (Å²) in [4.78, 5) is 56.9. The number of nitro groups is 1. The van der Waals surface area contributed by atoms with E-state index >= 15 is 0 Å². The summed E-state index contributed by atoms with van der Waals surface area (Å²) in [5, 5.41) is 14.6. The Hall–Kier alpha value is -4.25. The number of hydrogen-bond donors (Lipinski definition) is 2. The molecule has 2 aromatic carbocycles. The van der Waals surface area contributed by atoms with Gasteiger partial charge in [-0.2, -0.15) is 0 Å². The second-order valence-corrected chi connectivity index (χ2v) is 11.3. The summed E-state index contributed by atoms with van der Waals surface area (Å²) in [6, 6.07) is 12.9. The first-order valence-electron chi connectivity index (χ1n) is 12.3. The number of carbonyl (C=O) groups excluding carboxylic acids is 2. The Morgan fingerprint density at radius 3 is 2.46 bits per heavy atom. The molecule has 10 nitrogen and oxygen atoms in total. The van der Waals surface area contributed by atoms with Crippen LogP contribution in [0.25, 0.3) is 0 Å². The molecule has 1 aliphatic carbocycles. The van der Waals surface area contributed by atoms with E-state index in [-0.39, 0.29) is 22.4 Å². The average Bonchev–Trinajstić information content (AvgIpc) is 2.90. The van der Waals surface area contributed by atoms with Gasteiger partial charge in [0.25, 0.3) is 11.2 Å². The molecule has 2 heterocycles. The van der Waals surface area contributed by atoms with Crippen molar-refractivity contribution in [3.05, 3.63) is 103 Å². The molecule has 0 saturated carbocycles. The number of fused-ring (bicyclic) bond motifs is 1. The van der Waals surface area contributed by atoms with Crippen molar-refractivity contribution in [2.75, 3.05) is 12.4 Å². The lowest BCUT2D eigenvalue weighted by atomic mass is 9.69. The molecule has 0 fully saturated rings. The number of anilines is 1. The molecule has 2 aliphatic rings. The zero-order valence-corrected chi connectivity index (χ0v) is 22.4. The number of Topliss-reactive ketones (excluding diaryl/α,β-unsaturated/α-hetero) is 1. The molecule has 1 unspecified atom stereocenters. The molecule has 1 aliphatic heterocycles. The zero-order valence-electron chi connectivity index (χ0n) is 21.6. The molecule has 5 rings (SSSR count). The number of methoxy groups -OCH3 is 1. The minimum absolute atomic E-state index is 0.00737. The topological polar surface area (TPSA) is 144 Å². The van der Waals surface area contributed by atoms with Crippen LogP contribution in [-0.4, -0.2) is 33.8 Å². The van der Waals surface area contributed by atoms with Crippen molar-refractivity contribution in [3.8, 4) is 0 Å². The van der Waals surface area contributed by atoms with Crippen molar-refractivity contribution in [1.82, 2.24) is 9.97 Å². The maximum absolute atomic E-state index is 13.5. The number of nitro benzene ring substituents is 1. The number of ketones is 1. The average molecular weight is 547 g/mol. The number of aromatic amines is 1. The second kappa shape index (κ2) is 10.1. The van der Waals surface area contributed by atoms with Gasteiger partial charge in [-0.3, -0.25) is 19.7 Å². The third-order valence-corrected chi connectivity index (χ3v) is 7.83. The van der Waals surface area contributed by atoms with Gasteiger partial charge in [0.2, 0.25) is 0 Å². The first kappa shape index (κ1) is 26.4. The number of esters is 1. The fourth-order valence-corrected chi connectivity index (χ4v) is 5.91. The summed E-state index contributed by atoms with van der Waals surface area (Å²) in [6.07, 6.45) is 0.970.